The minimum atomic E-state index is -0.728. The average Bonchev–Trinajstić information content (AvgIpc) is 3.00. The number of fused-ring (bicyclic) bond motifs is 4. The number of amides is 3. The summed E-state index contributed by atoms with van der Waals surface area (Å²) in [6.45, 7) is 2.51. The molecule has 2 bridgehead atoms. The molecule has 226 valence electrons. The maximum Gasteiger partial charge on any atom is 0.258 e. The zero-order valence-electron chi connectivity index (χ0n) is 24.3. The van der Waals surface area contributed by atoms with E-state index in [9.17, 15) is 14.4 Å². The van der Waals surface area contributed by atoms with Gasteiger partial charge in [0, 0.05) is 46.3 Å². The minimum Gasteiger partial charge on any atom is -0.497 e. The summed E-state index contributed by atoms with van der Waals surface area (Å²) in [6.07, 6.45) is 1.54. The second kappa shape index (κ2) is 14.0. The van der Waals surface area contributed by atoms with Crippen LogP contribution in [0.15, 0.2) is 48.5 Å². The number of benzene rings is 2. The van der Waals surface area contributed by atoms with Gasteiger partial charge in [-0.2, -0.15) is 0 Å². The van der Waals surface area contributed by atoms with Gasteiger partial charge in [0.1, 0.15) is 24.1 Å². The van der Waals surface area contributed by atoms with Gasteiger partial charge in [-0.15, -0.1) is 0 Å². The van der Waals surface area contributed by atoms with Gasteiger partial charge in [-0.05, 0) is 42.7 Å². The monoisotopic (exact) mass is 580 g/mol. The van der Waals surface area contributed by atoms with Gasteiger partial charge in [0.25, 0.3) is 5.91 Å². The number of nitrogens with zero attached hydrogens (tertiary/aromatic N) is 2. The zero-order chi connectivity index (χ0) is 29.5. The van der Waals surface area contributed by atoms with Crippen LogP contribution in [0.2, 0.25) is 0 Å². The van der Waals surface area contributed by atoms with Gasteiger partial charge in [-0.3, -0.25) is 19.3 Å². The number of carbonyl (C=O) groups excluding carboxylic acids is 3. The molecular formula is C31H40N4O7. The van der Waals surface area contributed by atoms with Gasteiger partial charge in [-0.1, -0.05) is 24.3 Å². The molecule has 42 heavy (non-hydrogen) atoms. The van der Waals surface area contributed by atoms with Crippen molar-refractivity contribution in [1.82, 2.24) is 20.4 Å². The number of hydrogen-bond donors (Lipinski definition) is 2. The van der Waals surface area contributed by atoms with Gasteiger partial charge in [0.05, 0.1) is 37.5 Å². The molecular weight excluding hydrogens is 540 g/mol. The summed E-state index contributed by atoms with van der Waals surface area (Å²) in [6, 6.07) is 14.0. The molecule has 3 aliphatic heterocycles. The van der Waals surface area contributed by atoms with Crippen LogP contribution in [0.3, 0.4) is 0 Å². The summed E-state index contributed by atoms with van der Waals surface area (Å²) in [7, 11) is 3.11. The van der Waals surface area contributed by atoms with Gasteiger partial charge in [0.15, 0.2) is 0 Å². The third-order valence-corrected chi connectivity index (χ3v) is 8.10. The molecule has 0 unspecified atom stereocenters. The van der Waals surface area contributed by atoms with E-state index >= 15 is 0 Å². The quantitative estimate of drug-likeness (QED) is 0.529. The first kappa shape index (κ1) is 29.8. The fourth-order valence-corrected chi connectivity index (χ4v) is 5.93. The summed E-state index contributed by atoms with van der Waals surface area (Å²) < 4.78 is 22.9. The highest BCUT2D eigenvalue weighted by atomic mass is 16.5. The lowest BCUT2D eigenvalue weighted by Gasteiger charge is -2.42. The first-order valence-corrected chi connectivity index (χ1v) is 14.5. The number of hydrogen-bond acceptors (Lipinski definition) is 8. The normalized spacial score (nSPS) is 25.2. The van der Waals surface area contributed by atoms with Crippen molar-refractivity contribution in [2.24, 2.45) is 0 Å². The predicted molar refractivity (Wildman–Crippen MR) is 154 cm³/mol. The molecule has 0 saturated carbocycles. The van der Waals surface area contributed by atoms with Crippen LogP contribution < -0.4 is 20.1 Å². The van der Waals surface area contributed by atoms with Gasteiger partial charge >= 0.3 is 0 Å². The Bertz CT molecular complexity index is 1260. The molecule has 2 aromatic rings. The molecule has 0 aliphatic carbocycles. The summed E-state index contributed by atoms with van der Waals surface area (Å²) >= 11 is 0. The minimum absolute atomic E-state index is 0.0471. The van der Waals surface area contributed by atoms with E-state index in [-0.39, 0.29) is 43.0 Å². The Morgan fingerprint density at radius 1 is 1.07 bits per heavy atom. The largest absolute Gasteiger partial charge is 0.497 e. The van der Waals surface area contributed by atoms with Crippen LogP contribution in [0, 0.1) is 0 Å². The number of piperazine rings is 1. The number of carbonyl (C=O) groups is 3. The lowest BCUT2D eigenvalue weighted by atomic mass is 9.96. The Morgan fingerprint density at radius 2 is 1.93 bits per heavy atom. The molecule has 0 radical (unpaired) electrons. The smallest absolute Gasteiger partial charge is 0.258 e. The Hall–Kier alpha value is -3.67. The van der Waals surface area contributed by atoms with Crippen molar-refractivity contribution in [2.75, 3.05) is 53.6 Å². The standard InChI is InChI=1S/C31H40N4O7/c1-39-20-29(36)33-25-11-10-22-12-15-41-27-9-4-3-8-24(27)31(38)35-14-13-34(18-21-6-5-7-23(16-21)40-2)19-26(35)30(37)32-17-28(25)42-22/h3-9,16,22,25-26,28H,10-15,17-20H2,1-2H3,(H,32,37)(H,33,36)/t22-,25+,26-,28+/m0/s1. The molecule has 2 aromatic carbocycles. The van der Waals surface area contributed by atoms with Crippen LogP contribution in [-0.2, 0) is 25.6 Å². The van der Waals surface area contributed by atoms with Crippen LogP contribution in [0.1, 0.15) is 35.2 Å². The van der Waals surface area contributed by atoms with Gasteiger partial charge < -0.3 is 34.5 Å². The number of rotatable bonds is 6. The third-order valence-electron chi connectivity index (χ3n) is 8.10. The second-order valence-electron chi connectivity index (χ2n) is 11.0. The average molecular weight is 581 g/mol. The number of ether oxygens (including phenoxy) is 4. The second-order valence-corrected chi connectivity index (χ2v) is 11.0. The highest BCUT2D eigenvalue weighted by Gasteiger charge is 2.38. The van der Waals surface area contributed by atoms with E-state index < -0.39 is 12.1 Å². The van der Waals surface area contributed by atoms with Crippen molar-refractivity contribution < 1.29 is 33.3 Å². The molecule has 0 aromatic heterocycles. The Labute approximate surface area is 246 Å². The molecule has 2 saturated heterocycles. The lowest BCUT2D eigenvalue weighted by Crippen LogP contribution is -2.62. The molecule has 3 amide bonds. The first-order valence-electron chi connectivity index (χ1n) is 14.5. The fraction of sp³-hybridized carbons (Fsp3) is 0.516. The molecule has 11 nitrogen and oxygen atoms in total. The summed E-state index contributed by atoms with van der Waals surface area (Å²) in [5.41, 5.74) is 1.50. The molecule has 2 N–H and O–H groups in total. The van der Waals surface area contributed by atoms with E-state index in [0.717, 1.165) is 17.7 Å². The highest BCUT2D eigenvalue weighted by Crippen LogP contribution is 2.27. The number of nitrogens with one attached hydrogen (secondary N) is 2. The molecule has 4 atom stereocenters. The van der Waals surface area contributed by atoms with Gasteiger partial charge in [0.2, 0.25) is 11.8 Å². The maximum atomic E-state index is 13.9. The van der Waals surface area contributed by atoms with Crippen LogP contribution >= 0.6 is 0 Å². The molecule has 5 rings (SSSR count). The van der Waals surface area contributed by atoms with E-state index in [1.807, 2.05) is 36.4 Å². The number of methoxy groups -OCH3 is 2. The molecule has 2 fully saturated rings. The van der Waals surface area contributed by atoms with Crippen LogP contribution in [0.25, 0.3) is 0 Å². The summed E-state index contributed by atoms with van der Waals surface area (Å²) in [5, 5.41) is 6.05. The topological polar surface area (TPSA) is 119 Å². The van der Waals surface area contributed by atoms with Crippen molar-refractivity contribution in [3.05, 3.63) is 59.7 Å². The maximum absolute atomic E-state index is 13.9. The van der Waals surface area contributed by atoms with Crippen LogP contribution in [0.5, 0.6) is 11.5 Å². The summed E-state index contributed by atoms with van der Waals surface area (Å²) in [5.74, 6) is 0.542. The Balaban J connectivity index is 1.39. The third kappa shape index (κ3) is 7.21. The van der Waals surface area contributed by atoms with Crippen LogP contribution in [-0.4, -0.2) is 105 Å². The lowest BCUT2D eigenvalue weighted by molar-refractivity contribution is -0.132. The first-order chi connectivity index (χ1) is 20.4. The van der Waals surface area contributed by atoms with E-state index in [1.165, 1.54) is 7.11 Å². The predicted octanol–water partition coefficient (Wildman–Crippen LogP) is 1.60. The fourth-order valence-electron chi connectivity index (χ4n) is 5.93. The molecule has 3 aliphatic rings. The Morgan fingerprint density at radius 3 is 2.76 bits per heavy atom. The SMILES string of the molecule is COCC(=O)N[C@@H]1CC[C@H]2CCOc3ccccc3C(=O)N3CCN(Cc4cccc(OC)c4)C[C@H]3C(=O)NC[C@H]1O2. The van der Waals surface area contributed by atoms with Crippen molar-refractivity contribution in [2.45, 2.75) is 50.1 Å². The van der Waals surface area contributed by atoms with Crippen molar-refractivity contribution in [3.8, 4) is 11.5 Å². The highest BCUT2D eigenvalue weighted by molar-refractivity contribution is 6.00. The van der Waals surface area contributed by atoms with E-state index in [0.29, 0.717) is 56.9 Å². The van der Waals surface area contributed by atoms with Crippen LogP contribution in [0.4, 0.5) is 0 Å². The zero-order valence-corrected chi connectivity index (χ0v) is 24.3. The van der Waals surface area contributed by atoms with Crippen molar-refractivity contribution >= 4 is 17.7 Å². The molecule has 11 heteroatoms. The molecule has 0 spiro atoms. The van der Waals surface area contributed by atoms with Gasteiger partial charge in [-0.25, -0.2) is 0 Å². The Kier molecular flexibility index (Phi) is 9.93. The summed E-state index contributed by atoms with van der Waals surface area (Å²) in [4.78, 5) is 43.9. The number of para-hydroxylation sites is 1. The van der Waals surface area contributed by atoms with E-state index in [4.69, 9.17) is 18.9 Å². The van der Waals surface area contributed by atoms with E-state index in [1.54, 1.807) is 24.1 Å². The molecule has 3 heterocycles. The van der Waals surface area contributed by atoms with E-state index in [2.05, 4.69) is 15.5 Å². The van der Waals surface area contributed by atoms with Crippen molar-refractivity contribution in [1.29, 1.82) is 0 Å². The van der Waals surface area contributed by atoms with Crippen molar-refractivity contribution in [3.63, 3.8) is 0 Å².